The average molecular weight is 242 g/mol. The zero-order valence-corrected chi connectivity index (χ0v) is 9.38. The molecule has 0 heterocycles. The van der Waals surface area contributed by atoms with E-state index in [2.05, 4.69) is 0 Å². The Bertz CT molecular complexity index is 458. The summed E-state index contributed by atoms with van der Waals surface area (Å²) in [6, 6.07) is 0. The average Bonchev–Trinajstić information content (AvgIpc) is 2.14. The normalized spacial score (nSPS) is 19.6. The fourth-order valence-corrected chi connectivity index (χ4v) is 1.63. The Morgan fingerprint density at radius 2 is 1.35 bits per heavy atom. The molecule has 0 radical (unpaired) electrons. The molecule has 1 aliphatic carbocycles. The van der Waals surface area contributed by atoms with Crippen LogP contribution in [-0.4, -0.2) is 26.3 Å². The van der Waals surface area contributed by atoms with Gasteiger partial charge in [-0.25, -0.2) is 0 Å². The third kappa shape index (κ3) is 1.72. The van der Waals surface area contributed by atoms with Gasteiger partial charge >= 0.3 is 17.2 Å². The van der Waals surface area contributed by atoms with Crippen LogP contribution < -0.4 is 0 Å². The standard InChI is InChI=1S/C9H10N2O6/c1-4-6(10(14)15)8(12)7(11(16)17)5(2)9(4,3)13/h13H,1-3H3. The quantitative estimate of drug-likeness (QED) is 0.552. The summed E-state index contributed by atoms with van der Waals surface area (Å²) in [6.45, 7) is 3.59. The van der Waals surface area contributed by atoms with E-state index in [0.29, 0.717) is 0 Å². The monoisotopic (exact) mass is 242 g/mol. The van der Waals surface area contributed by atoms with Gasteiger partial charge in [0.2, 0.25) is 0 Å². The maximum Gasteiger partial charge on any atom is 0.332 e. The van der Waals surface area contributed by atoms with Crippen molar-refractivity contribution in [1.29, 1.82) is 0 Å². The molecule has 17 heavy (non-hydrogen) atoms. The van der Waals surface area contributed by atoms with Gasteiger partial charge in [0.15, 0.2) is 0 Å². The van der Waals surface area contributed by atoms with Crippen LogP contribution in [0.1, 0.15) is 20.8 Å². The van der Waals surface area contributed by atoms with Crippen LogP contribution in [-0.2, 0) is 4.79 Å². The lowest BCUT2D eigenvalue weighted by atomic mass is 9.81. The lowest BCUT2D eigenvalue weighted by molar-refractivity contribution is -0.437. The molecule has 0 saturated heterocycles. The number of hydrogen-bond donors (Lipinski definition) is 1. The summed E-state index contributed by atoms with van der Waals surface area (Å²) in [5, 5.41) is 31.4. The van der Waals surface area contributed by atoms with Crippen molar-refractivity contribution in [3.8, 4) is 0 Å². The smallest absolute Gasteiger partial charge is 0.332 e. The Labute approximate surface area is 95.5 Å². The van der Waals surface area contributed by atoms with Gasteiger partial charge in [0.1, 0.15) is 5.60 Å². The van der Waals surface area contributed by atoms with Gasteiger partial charge < -0.3 is 5.11 Å². The molecule has 0 aromatic heterocycles. The number of nitrogens with zero attached hydrogens (tertiary/aromatic N) is 2. The second-order valence-corrected chi connectivity index (χ2v) is 3.86. The molecule has 0 atom stereocenters. The van der Waals surface area contributed by atoms with E-state index in [4.69, 9.17) is 0 Å². The largest absolute Gasteiger partial charge is 0.381 e. The first-order valence-electron chi connectivity index (χ1n) is 4.61. The van der Waals surface area contributed by atoms with Crippen molar-refractivity contribution in [3.63, 3.8) is 0 Å². The summed E-state index contributed by atoms with van der Waals surface area (Å²) in [5.41, 5.74) is -4.13. The summed E-state index contributed by atoms with van der Waals surface area (Å²) < 4.78 is 0. The highest BCUT2D eigenvalue weighted by Gasteiger charge is 2.50. The minimum atomic E-state index is -1.86. The van der Waals surface area contributed by atoms with Crippen molar-refractivity contribution in [2.24, 2.45) is 0 Å². The van der Waals surface area contributed by atoms with Crippen molar-refractivity contribution in [3.05, 3.63) is 42.8 Å². The first-order valence-corrected chi connectivity index (χ1v) is 4.61. The predicted molar refractivity (Wildman–Crippen MR) is 55.0 cm³/mol. The third-order valence-electron chi connectivity index (χ3n) is 2.97. The van der Waals surface area contributed by atoms with Crippen molar-refractivity contribution < 1.29 is 19.7 Å². The fourth-order valence-electron chi connectivity index (χ4n) is 1.63. The van der Waals surface area contributed by atoms with Gasteiger partial charge in [-0.3, -0.25) is 25.0 Å². The fraction of sp³-hybridized carbons (Fsp3) is 0.444. The lowest BCUT2D eigenvalue weighted by Crippen LogP contribution is -2.39. The Morgan fingerprint density at radius 1 is 1.06 bits per heavy atom. The van der Waals surface area contributed by atoms with E-state index in [1.54, 1.807) is 0 Å². The van der Waals surface area contributed by atoms with Gasteiger partial charge in [0, 0.05) is 11.1 Å². The molecule has 1 aliphatic rings. The number of rotatable bonds is 2. The topological polar surface area (TPSA) is 124 Å². The Hall–Kier alpha value is -2.09. The van der Waals surface area contributed by atoms with Crippen LogP contribution in [0.3, 0.4) is 0 Å². The molecule has 0 fully saturated rings. The molecule has 0 spiro atoms. The van der Waals surface area contributed by atoms with E-state index < -0.39 is 32.6 Å². The van der Waals surface area contributed by atoms with Crippen molar-refractivity contribution in [2.75, 3.05) is 0 Å². The minimum absolute atomic E-state index is 0.199. The molecule has 0 amide bonds. The van der Waals surface area contributed by atoms with Gasteiger partial charge in [-0.1, -0.05) is 0 Å². The van der Waals surface area contributed by atoms with Crippen molar-refractivity contribution >= 4 is 5.78 Å². The molecule has 0 aromatic rings. The Morgan fingerprint density at radius 3 is 1.59 bits per heavy atom. The van der Waals surface area contributed by atoms with Crippen molar-refractivity contribution in [1.82, 2.24) is 0 Å². The van der Waals surface area contributed by atoms with Crippen LogP contribution in [0.5, 0.6) is 0 Å². The van der Waals surface area contributed by atoms with Crippen molar-refractivity contribution in [2.45, 2.75) is 26.4 Å². The van der Waals surface area contributed by atoms with Crippen LogP contribution in [0, 0.1) is 20.2 Å². The second kappa shape index (κ2) is 3.74. The molecule has 0 saturated carbocycles. The predicted octanol–water partition coefficient (Wildman–Crippen LogP) is 0.421. The molecule has 0 unspecified atom stereocenters. The van der Waals surface area contributed by atoms with E-state index >= 15 is 0 Å². The SMILES string of the molecule is CC1=C([N+](=O)[O-])C(=O)C([N+](=O)[O-])=C(C)C1(C)O. The van der Waals surface area contributed by atoms with E-state index in [-0.39, 0.29) is 11.1 Å². The van der Waals surface area contributed by atoms with Crippen LogP contribution in [0.4, 0.5) is 0 Å². The number of aliphatic hydroxyl groups is 1. The molecule has 0 aliphatic heterocycles. The first-order chi connectivity index (χ1) is 7.62. The van der Waals surface area contributed by atoms with Crippen LogP contribution in [0.15, 0.2) is 22.5 Å². The number of carbonyl (C=O) groups is 1. The van der Waals surface area contributed by atoms with Gasteiger partial charge in [-0.15, -0.1) is 0 Å². The molecule has 1 N–H and O–H groups in total. The highest BCUT2D eigenvalue weighted by Crippen LogP contribution is 2.35. The van der Waals surface area contributed by atoms with E-state index in [1.165, 1.54) is 20.8 Å². The number of nitro groups is 2. The summed E-state index contributed by atoms with van der Waals surface area (Å²) in [6.07, 6.45) is 0. The highest BCUT2D eigenvalue weighted by atomic mass is 16.6. The summed E-state index contributed by atoms with van der Waals surface area (Å²) in [7, 11) is 0. The van der Waals surface area contributed by atoms with Crippen LogP contribution in [0.2, 0.25) is 0 Å². The maximum absolute atomic E-state index is 11.6. The number of hydrogen-bond acceptors (Lipinski definition) is 6. The van der Waals surface area contributed by atoms with Gasteiger partial charge in [0.05, 0.1) is 9.85 Å². The lowest BCUT2D eigenvalue weighted by Gasteiger charge is -2.27. The summed E-state index contributed by atoms with van der Waals surface area (Å²) >= 11 is 0. The van der Waals surface area contributed by atoms with Crippen LogP contribution in [0.25, 0.3) is 0 Å². The summed E-state index contributed by atoms with van der Waals surface area (Å²) in [5.74, 6) is -1.28. The highest BCUT2D eigenvalue weighted by molar-refractivity contribution is 6.07. The van der Waals surface area contributed by atoms with E-state index in [1.807, 2.05) is 0 Å². The van der Waals surface area contributed by atoms with Gasteiger partial charge in [-0.05, 0) is 20.8 Å². The number of ketones is 1. The van der Waals surface area contributed by atoms with E-state index in [9.17, 15) is 30.1 Å². The molecule has 1 rings (SSSR count). The zero-order valence-electron chi connectivity index (χ0n) is 9.38. The zero-order chi connectivity index (χ0) is 13.5. The van der Waals surface area contributed by atoms with Gasteiger partial charge in [0.25, 0.3) is 0 Å². The second-order valence-electron chi connectivity index (χ2n) is 3.86. The number of Topliss-reactive ketones (excluding diaryl/α,β-unsaturated/α-hetero) is 1. The Kier molecular flexibility index (Phi) is 2.85. The molecular weight excluding hydrogens is 232 g/mol. The maximum atomic E-state index is 11.6. The van der Waals surface area contributed by atoms with Crippen LogP contribution >= 0.6 is 0 Å². The summed E-state index contributed by atoms with van der Waals surface area (Å²) in [4.78, 5) is 31.0. The number of carbonyl (C=O) groups excluding carboxylic acids is 1. The molecule has 8 heteroatoms. The minimum Gasteiger partial charge on any atom is -0.381 e. The van der Waals surface area contributed by atoms with E-state index in [0.717, 1.165) is 0 Å². The first kappa shape index (κ1) is 13.0. The molecule has 0 aromatic carbocycles. The van der Waals surface area contributed by atoms with Gasteiger partial charge in [-0.2, -0.15) is 0 Å². The third-order valence-corrected chi connectivity index (χ3v) is 2.97. The molecule has 0 bridgehead atoms. The molecule has 8 nitrogen and oxygen atoms in total. The molecular formula is C9H10N2O6. The molecule has 92 valence electrons. The Balaban J connectivity index is 3.61.